The van der Waals surface area contributed by atoms with Crippen LogP contribution in [0.1, 0.15) is 37.3 Å². The van der Waals surface area contributed by atoms with Crippen LogP contribution in [0.4, 0.5) is 4.79 Å². The second-order valence-corrected chi connectivity index (χ2v) is 8.28. The number of nitrogens with zero attached hydrogens (tertiary/aromatic N) is 1. The number of amides is 5. The van der Waals surface area contributed by atoms with Crippen molar-refractivity contribution in [3.63, 3.8) is 0 Å². The normalized spacial score (nSPS) is 19.6. The van der Waals surface area contributed by atoms with Gasteiger partial charge in [-0.1, -0.05) is 68.3 Å². The van der Waals surface area contributed by atoms with Crippen molar-refractivity contribution >= 4 is 34.7 Å². The molecule has 2 aromatic carbocycles. The van der Waals surface area contributed by atoms with E-state index in [2.05, 4.69) is 10.3 Å². The van der Waals surface area contributed by atoms with Crippen LogP contribution < -0.4 is 11.1 Å². The standard InChI is InChI=1S/C25H26N4O4/c1-2-3-13-25(17-9-5-4-6-10-17)22(31)28-24(33)29(23(25)32)21(30)19(26)14-16-15-27-20-12-8-7-11-18(16)20/h4-12,15,19,27H,2-3,13-14,26H2,1H3,(H,28,31,33)/t19-,25?/m0/s1. The fraction of sp³-hybridized carbons (Fsp3) is 0.280. The van der Waals surface area contributed by atoms with Crippen LogP contribution in [0.5, 0.6) is 0 Å². The van der Waals surface area contributed by atoms with Crippen molar-refractivity contribution < 1.29 is 19.2 Å². The maximum absolute atomic E-state index is 13.7. The molecule has 1 aromatic heterocycles. The molecular weight excluding hydrogens is 420 g/mol. The Balaban J connectivity index is 1.67. The van der Waals surface area contributed by atoms with Gasteiger partial charge in [0.1, 0.15) is 0 Å². The minimum Gasteiger partial charge on any atom is -0.361 e. The number of H-pyrrole nitrogens is 1. The molecule has 0 aliphatic carbocycles. The van der Waals surface area contributed by atoms with E-state index in [0.29, 0.717) is 16.9 Å². The van der Waals surface area contributed by atoms with Crippen LogP contribution in [0.25, 0.3) is 10.9 Å². The fourth-order valence-corrected chi connectivity index (χ4v) is 4.41. The van der Waals surface area contributed by atoms with Gasteiger partial charge in [0.2, 0.25) is 5.91 Å². The molecule has 8 nitrogen and oxygen atoms in total. The van der Waals surface area contributed by atoms with E-state index in [0.717, 1.165) is 22.9 Å². The molecule has 3 aromatic rings. The van der Waals surface area contributed by atoms with Crippen LogP contribution in [0.2, 0.25) is 0 Å². The maximum Gasteiger partial charge on any atom is 0.337 e. The molecule has 170 valence electrons. The number of aromatic nitrogens is 1. The molecule has 8 heteroatoms. The van der Waals surface area contributed by atoms with Gasteiger partial charge in [0.15, 0.2) is 5.41 Å². The number of imide groups is 4. The van der Waals surface area contributed by atoms with E-state index in [1.165, 1.54) is 0 Å². The summed E-state index contributed by atoms with van der Waals surface area (Å²) in [5, 5.41) is 3.14. The Morgan fingerprint density at radius 2 is 1.76 bits per heavy atom. The topological polar surface area (TPSA) is 125 Å². The van der Waals surface area contributed by atoms with Gasteiger partial charge in [0.25, 0.3) is 11.8 Å². The SMILES string of the molecule is CCCCC1(c2ccccc2)C(=O)NC(=O)N(C(=O)[C@@H](N)Cc2c[nH]c3ccccc23)C1=O. The number of para-hydroxylation sites is 1. The Morgan fingerprint density at radius 1 is 1.06 bits per heavy atom. The Morgan fingerprint density at radius 3 is 2.48 bits per heavy atom. The van der Waals surface area contributed by atoms with Crippen molar-refractivity contribution in [2.24, 2.45) is 5.73 Å². The quantitative estimate of drug-likeness (QED) is 0.481. The van der Waals surface area contributed by atoms with Gasteiger partial charge in [-0.25, -0.2) is 4.79 Å². The molecule has 5 amide bonds. The average molecular weight is 447 g/mol. The largest absolute Gasteiger partial charge is 0.361 e. The molecule has 2 atom stereocenters. The zero-order valence-corrected chi connectivity index (χ0v) is 18.3. The van der Waals surface area contributed by atoms with E-state index in [1.807, 2.05) is 31.2 Å². The Kier molecular flexibility index (Phi) is 6.11. The molecule has 1 aliphatic rings. The van der Waals surface area contributed by atoms with Crippen LogP contribution in [-0.4, -0.2) is 39.7 Å². The number of aromatic amines is 1. The summed E-state index contributed by atoms with van der Waals surface area (Å²) in [6.07, 6.45) is 3.35. The predicted molar refractivity (Wildman–Crippen MR) is 123 cm³/mol. The second-order valence-electron chi connectivity index (χ2n) is 8.28. The molecular formula is C25H26N4O4. The molecule has 4 rings (SSSR count). The van der Waals surface area contributed by atoms with Crippen molar-refractivity contribution in [3.05, 3.63) is 71.9 Å². The summed E-state index contributed by atoms with van der Waals surface area (Å²) < 4.78 is 0. The summed E-state index contributed by atoms with van der Waals surface area (Å²) in [7, 11) is 0. The molecule has 4 N–H and O–H groups in total. The van der Waals surface area contributed by atoms with Crippen molar-refractivity contribution in [2.45, 2.75) is 44.1 Å². The first-order valence-electron chi connectivity index (χ1n) is 11.0. The van der Waals surface area contributed by atoms with E-state index in [1.54, 1.807) is 36.5 Å². The maximum atomic E-state index is 13.7. The lowest BCUT2D eigenvalue weighted by atomic mass is 9.73. The number of benzene rings is 2. The van der Waals surface area contributed by atoms with E-state index in [-0.39, 0.29) is 12.8 Å². The van der Waals surface area contributed by atoms with Crippen LogP contribution in [-0.2, 0) is 26.2 Å². The zero-order chi connectivity index (χ0) is 23.6. The zero-order valence-electron chi connectivity index (χ0n) is 18.3. The molecule has 1 unspecified atom stereocenters. The smallest absolute Gasteiger partial charge is 0.337 e. The number of carbonyl (C=O) groups is 4. The lowest BCUT2D eigenvalue weighted by Crippen LogP contribution is -2.69. The van der Waals surface area contributed by atoms with Crippen molar-refractivity contribution in [1.29, 1.82) is 0 Å². The average Bonchev–Trinajstić information content (AvgIpc) is 3.22. The molecule has 0 bridgehead atoms. The number of nitrogens with one attached hydrogen (secondary N) is 2. The van der Waals surface area contributed by atoms with Crippen LogP contribution in [0, 0.1) is 0 Å². The van der Waals surface area contributed by atoms with Gasteiger partial charge in [-0.05, 0) is 30.0 Å². The minimum absolute atomic E-state index is 0.126. The first-order valence-corrected chi connectivity index (χ1v) is 11.0. The third-order valence-electron chi connectivity index (χ3n) is 6.20. The van der Waals surface area contributed by atoms with Gasteiger partial charge in [-0.15, -0.1) is 0 Å². The fourth-order valence-electron chi connectivity index (χ4n) is 4.41. The first-order chi connectivity index (χ1) is 15.9. The second kappa shape index (κ2) is 8.99. The lowest BCUT2D eigenvalue weighted by Gasteiger charge is -2.39. The highest BCUT2D eigenvalue weighted by molar-refractivity contribution is 6.28. The van der Waals surface area contributed by atoms with E-state index >= 15 is 0 Å². The van der Waals surface area contributed by atoms with Crippen LogP contribution in [0.15, 0.2) is 60.8 Å². The van der Waals surface area contributed by atoms with Crippen molar-refractivity contribution in [2.75, 3.05) is 0 Å². The Labute approximate surface area is 191 Å². The summed E-state index contributed by atoms with van der Waals surface area (Å²) in [5.74, 6) is -2.41. The van der Waals surface area contributed by atoms with E-state index in [9.17, 15) is 19.2 Å². The number of barbiturate groups is 1. The minimum atomic E-state index is -1.67. The number of fused-ring (bicyclic) bond motifs is 1. The number of rotatable bonds is 7. The summed E-state index contributed by atoms with van der Waals surface area (Å²) in [6, 6.07) is 13.9. The Bertz CT molecular complexity index is 1220. The summed E-state index contributed by atoms with van der Waals surface area (Å²) >= 11 is 0. The molecule has 2 heterocycles. The summed E-state index contributed by atoms with van der Waals surface area (Å²) in [6.45, 7) is 1.94. The van der Waals surface area contributed by atoms with Crippen molar-refractivity contribution in [3.8, 4) is 0 Å². The molecule has 1 saturated heterocycles. The number of urea groups is 1. The van der Waals surface area contributed by atoms with Crippen molar-refractivity contribution in [1.82, 2.24) is 15.2 Å². The van der Waals surface area contributed by atoms with Gasteiger partial charge < -0.3 is 10.7 Å². The first kappa shape index (κ1) is 22.4. The number of hydrogen-bond acceptors (Lipinski definition) is 5. The van der Waals surface area contributed by atoms with Gasteiger partial charge in [0.05, 0.1) is 6.04 Å². The van der Waals surface area contributed by atoms with E-state index < -0.39 is 35.2 Å². The highest BCUT2D eigenvalue weighted by Crippen LogP contribution is 2.35. The molecule has 33 heavy (non-hydrogen) atoms. The number of carbonyl (C=O) groups excluding carboxylic acids is 4. The third kappa shape index (κ3) is 3.82. The molecule has 1 aliphatic heterocycles. The number of hydrogen-bond donors (Lipinski definition) is 3. The number of unbranched alkanes of at least 4 members (excludes halogenated alkanes) is 1. The molecule has 0 spiro atoms. The Hall–Kier alpha value is -3.78. The lowest BCUT2D eigenvalue weighted by molar-refractivity contribution is -0.152. The molecule has 0 radical (unpaired) electrons. The van der Waals surface area contributed by atoms with Crippen LogP contribution in [0.3, 0.4) is 0 Å². The molecule has 0 saturated carbocycles. The summed E-state index contributed by atoms with van der Waals surface area (Å²) in [5.41, 5.74) is 6.66. The highest BCUT2D eigenvalue weighted by atomic mass is 16.2. The van der Waals surface area contributed by atoms with Gasteiger partial charge in [-0.2, -0.15) is 4.90 Å². The molecule has 1 fully saturated rings. The summed E-state index contributed by atoms with van der Waals surface area (Å²) in [4.78, 5) is 56.3. The van der Waals surface area contributed by atoms with Gasteiger partial charge in [-0.3, -0.25) is 19.7 Å². The van der Waals surface area contributed by atoms with Gasteiger partial charge in [0, 0.05) is 17.1 Å². The predicted octanol–water partition coefficient (Wildman–Crippen LogP) is 2.77. The van der Waals surface area contributed by atoms with Crippen LogP contribution >= 0.6 is 0 Å². The highest BCUT2D eigenvalue weighted by Gasteiger charge is 2.56. The van der Waals surface area contributed by atoms with Gasteiger partial charge >= 0.3 is 6.03 Å². The number of nitrogens with two attached hydrogens (primary N) is 1. The monoisotopic (exact) mass is 446 g/mol. The third-order valence-corrected chi connectivity index (χ3v) is 6.20. The van der Waals surface area contributed by atoms with E-state index in [4.69, 9.17) is 5.73 Å².